The zero-order valence-corrected chi connectivity index (χ0v) is 18.1. The fourth-order valence-electron chi connectivity index (χ4n) is 3.87. The van der Waals surface area contributed by atoms with Crippen LogP contribution in [-0.2, 0) is 9.53 Å². The van der Waals surface area contributed by atoms with E-state index in [2.05, 4.69) is 39.5 Å². The summed E-state index contributed by atoms with van der Waals surface area (Å²) in [4.78, 5) is 14.8. The maximum absolute atomic E-state index is 12.5. The number of carbonyl (C=O) groups is 1. The van der Waals surface area contributed by atoms with E-state index in [4.69, 9.17) is 4.74 Å². The second-order valence-electron chi connectivity index (χ2n) is 7.50. The highest BCUT2D eigenvalue weighted by Crippen LogP contribution is 2.26. The van der Waals surface area contributed by atoms with Crippen LogP contribution in [0.4, 0.5) is 11.4 Å². The number of thioether (sulfide) groups is 1. The summed E-state index contributed by atoms with van der Waals surface area (Å²) in [5.41, 5.74) is 4.93. The van der Waals surface area contributed by atoms with Gasteiger partial charge in [0, 0.05) is 29.9 Å². The molecule has 158 valence electrons. The van der Waals surface area contributed by atoms with Gasteiger partial charge in [-0.15, -0.1) is 10.2 Å². The quantitative estimate of drug-likeness (QED) is 0.483. The minimum Gasteiger partial charge on any atom is -0.378 e. The van der Waals surface area contributed by atoms with Crippen molar-refractivity contribution in [1.82, 2.24) is 14.6 Å². The summed E-state index contributed by atoms with van der Waals surface area (Å²) in [5, 5.41) is 13.4. The van der Waals surface area contributed by atoms with Crippen molar-refractivity contribution < 1.29 is 9.53 Å². The van der Waals surface area contributed by atoms with E-state index in [1.54, 1.807) is 0 Å². The molecule has 0 saturated carbocycles. The van der Waals surface area contributed by atoms with Gasteiger partial charge in [0.2, 0.25) is 5.91 Å². The van der Waals surface area contributed by atoms with E-state index in [0.29, 0.717) is 5.16 Å². The van der Waals surface area contributed by atoms with Crippen molar-refractivity contribution in [3.05, 3.63) is 60.2 Å². The summed E-state index contributed by atoms with van der Waals surface area (Å²) in [6.45, 7) is 5.36. The molecule has 1 N–H and O–H groups in total. The van der Waals surface area contributed by atoms with Crippen LogP contribution in [0, 0.1) is 6.92 Å². The van der Waals surface area contributed by atoms with Crippen LogP contribution in [0.1, 0.15) is 5.56 Å². The topological polar surface area (TPSA) is 71.8 Å². The number of rotatable bonds is 5. The van der Waals surface area contributed by atoms with E-state index in [1.807, 2.05) is 46.9 Å². The van der Waals surface area contributed by atoms with Crippen molar-refractivity contribution in [2.75, 3.05) is 42.3 Å². The average molecular weight is 434 g/mol. The second kappa shape index (κ2) is 8.56. The Bertz CT molecular complexity index is 1230. The number of hydrogen-bond acceptors (Lipinski definition) is 6. The van der Waals surface area contributed by atoms with Crippen LogP contribution in [0.5, 0.6) is 0 Å². The Morgan fingerprint density at radius 3 is 2.68 bits per heavy atom. The van der Waals surface area contributed by atoms with Gasteiger partial charge in [0.25, 0.3) is 0 Å². The van der Waals surface area contributed by atoms with Crippen LogP contribution >= 0.6 is 11.8 Å². The van der Waals surface area contributed by atoms with Crippen LogP contribution in [0.15, 0.2) is 59.8 Å². The van der Waals surface area contributed by atoms with Crippen LogP contribution < -0.4 is 10.2 Å². The normalized spacial score (nSPS) is 14.3. The van der Waals surface area contributed by atoms with Gasteiger partial charge in [-0.3, -0.25) is 9.20 Å². The highest BCUT2D eigenvalue weighted by atomic mass is 32.2. The summed E-state index contributed by atoms with van der Waals surface area (Å²) in [7, 11) is 0. The molecule has 5 rings (SSSR count). The predicted molar refractivity (Wildman–Crippen MR) is 124 cm³/mol. The van der Waals surface area contributed by atoms with E-state index in [1.165, 1.54) is 11.8 Å². The Kier molecular flexibility index (Phi) is 5.48. The number of carbonyl (C=O) groups excluding carboxylic acids is 1. The number of hydrogen-bond donors (Lipinski definition) is 1. The Morgan fingerprint density at radius 2 is 1.87 bits per heavy atom. The third-order valence-electron chi connectivity index (χ3n) is 5.43. The summed E-state index contributed by atoms with van der Waals surface area (Å²) in [6, 6.07) is 18.1. The molecule has 1 fully saturated rings. The number of morpholine rings is 1. The van der Waals surface area contributed by atoms with Gasteiger partial charge in [-0.2, -0.15) is 0 Å². The van der Waals surface area contributed by atoms with E-state index in [-0.39, 0.29) is 11.7 Å². The second-order valence-corrected chi connectivity index (χ2v) is 8.45. The van der Waals surface area contributed by atoms with E-state index < -0.39 is 0 Å². The molecule has 1 aliphatic rings. The molecule has 4 aromatic rings. The molecular weight excluding hydrogens is 410 g/mol. The molecule has 0 atom stereocenters. The van der Waals surface area contributed by atoms with Gasteiger partial charge >= 0.3 is 0 Å². The van der Waals surface area contributed by atoms with Gasteiger partial charge < -0.3 is 15.0 Å². The number of para-hydroxylation sites is 1. The maximum Gasteiger partial charge on any atom is 0.234 e. The first-order valence-electron chi connectivity index (χ1n) is 10.3. The highest BCUT2D eigenvalue weighted by Gasteiger charge is 2.14. The number of ether oxygens (including phenoxy) is 1. The van der Waals surface area contributed by atoms with Gasteiger partial charge in [-0.05, 0) is 48.9 Å². The minimum atomic E-state index is -0.0720. The Morgan fingerprint density at radius 1 is 1.10 bits per heavy atom. The molecule has 0 radical (unpaired) electrons. The number of benzene rings is 2. The first-order valence-corrected chi connectivity index (χ1v) is 11.3. The molecule has 3 heterocycles. The molecule has 7 nitrogen and oxygen atoms in total. The smallest absolute Gasteiger partial charge is 0.234 e. The van der Waals surface area contributed by atoms with Crippen molar-refractivity contribution in [3.63, 3.8) is 0 Å². The summed E-state index contributed by atoms with van der Waals surface area (Å²) < 4.78 is 7.41. The molecule has 31 heavy (non-hydrogen) atoms. The number of pyridine rings is 1. The zero-order valence-electron chi connectivity index (χ0n) is 17.2. The Balaban J connectivity index is 1.27. The zero-order chi connectivity index (χ0) is 21.2. The van der Waals surface area contributed by atoms with Crippen LogP contribution in [-0.4, -0.2) is 52.6 Å². The number of anilines is 2. The van der Waals surface area contributed by atoms with Crippen molar-refractivity contribution in [3.8, 4) is 0 Å². The number of amides is 1. The first-order chi connectivity index (χ1) is 15.2. The molecule has 1 aliphatic heterocycles. The molecule has 2 aromatic carbocycles. The first kappa shape index (κ1) is 19.8. The molecule has 0 spiro atoms. The third-order valence-corrected chi connectivity index (χ3v) is 6.36. The maximum atomic E-state index is 12.5. The third kappa shape index (κ3) is 4.08. The van der Waals surface area contributed by atoms with Gasteiger partial charge in [-0.1, -0.05) is 30.0 Å². The molecule has 2 aromatic heterocycles. The fourth-order valence-corrected chi connectivity index (χ4v) is 4.62. The minimum absolute atomic E-state index is 0.0720. The number of aromatic nitrogens is 3. The van der Waals surface area contributed by atoms with Crippen molar-refractivity contribution in [2.45, 2.75) is 12.1 Å². The average Bonchev–Trinajstić information content (AvgIpc) is 3.22. The molecular formula is C23H23N5O2S. The van der Waals surface area contributed by atoms with E-state index >= 15 is 0 Å². The molecule has 1 amide bonds. The monoisotopic (exact) mass is 433 g/mol. The SMILES string of the molecule is Cc1cc2nnc(SCC(=O)Nc3ccc(N4CCOCC4)cc3)n2c2ccccc12. The van der Waals surface area contributed by atoms with Gasteiger partial charge in [-0.25, -0.2) is 0 Å². The number of nitrogens with one attached hydrogen (secondary N) is 1. The number of fused-ring (bicyclic) bond motifs is 3. The summed E-state index contributed by atoms with van der Waals surface area (Å²) in [6.07, 6.45) is 0. The van der Waals surface area contributed by atoms with Crippen molar-refractivity contribution in [1.29, 1.82) is 0 Å². The van der Waals surface area contributed by atoms with E-state index in [0.717, 1.165) is 59.8 Å². The van der Waals surface area contributed by atoms with Gasteiger partial charge in [0.05, 0.1) is 24.5 Å². The molecule has 1 saturated heterocycles. The molecule has 0 aliphatic carbocycles. The Labute approximate surface area is 184 Å². The van der Waals surface area contributed by atoms with Crippen LogP contribution in [0.2, 0.25) is 0 Å². The van der Waals surface area contributed by atoms with Crippen molar-refractivity contribution in [2.24, 2.45) is 0 Å². The standard InChI is InChI=1S/C23H23N5O2S/c1-16-14-21-25-26-23(28(21)20-5-3-2-4-19(16)20)31-15-22(29)24-17-6-8-18(9-7-17)27-10-12-30-13-11-27/h2-9,14H,10-13,15H2,1H3,(H,24,29). The highest BCUT2D eigenvalue weighted by molar-refractivity contribution is 7.99. The van der Waals surface area contributed by atoms with Crippen LogP contribution in [0.3, 0.4) is 0 Å². The summed E-state index contributed by atoms with van der Waals surface area (Å²) >= 11 is 1.39. The molecule has 0 bridgehead atoms. The van der Waals surface area contributed by atoms with Gasteiger partial charge in [0.1, 0.15) is 0 Å². The van der Waals surface area contributed by atoms with Crippen LogP contribution in [0.25, 0.3) is 16.6 Å². The number of aryl methyl sites for hydroxylation is 1. The Hall–Kier alpha value is -3.10. The summed E-state index contributed by atoms with van der Waals surface area (Å²) in [5.74, 6) is 0.186. The van der Waals surface area contributed by atoms with Gasteiger partial charge in [0.15, 0.2) is 10.8 Å². The largest absolute Gasteiger partial charge is 0.378 e. The fraction of sp³-hybridized carbons (Fsp3) is 0.261. The molecule has 8 heteroatoms. The lowest BCUT2D eigenvalue weighted by Crippen LogP contribution is -2.36. The molecule has 0 unspecified atom stereocenters. The van der Waals surface area contributed by atoms with E-state index in [9.17, 15) is 4.79 Å². The number of nitrogens with zero attached hydrogens (tertiary/aromatic N) is 4. The van der Waals surface area contributed by atoms with Crippen molar-refractivity contribution >= 4 is 45.6 Å². The lowest BCUT2D eigenvalue weighted by atomic mass is 10.1. The lowest BCUT2D eigenvalue weighted by Gasteiger charge is -2.28. The lowest BCUT2D eigenvalue weighted by molar-refractivity contribution is -0.113. The predicted octanol–water partition coefficient (Wildman–Crippen LogP) is 3.76.